The molecule has 5 nitrogen and oxygen atoms in total. The highest BCUT2D eigenvalue weighted by Crippen LogP contribution is 2.27. The number of rotatable bonds is 5. The van der Waals surface area contributed by atoms with Crippen LogP contribution in [0.3, 0.4) is 0 Å². The van der Waals surface area contributed by atoms with Crippen LogP contribution in [0.25, 0.3) is 0 Å². The number of halogens is 4. The van der Waals surface area contributed by atoms with Gasteiger partial charge in [0.15, 0.2) is 0 Å². The first-order chi connectivity index (χ1) is 11.3. The summed E-state index contributed by atoms with van der Waals surface area (Å²) in [5, 5.41) is 18.2. The molecule has 2 aromatic rings. The van der Waals surface area contributed by atoms with Gasteiger partial charge in [-0.1, -0.05) is 11.6 Å². The van der Waals surface area contributed by atoms with Crippen LogP contribution < -0.4 is 4.74 Å². The zero-order valence-corrected chi connectivity index (χ0v) is 12.5. The van der Waals surface area contributed by atoms with Crippen LogP contribution in [0.4, 0.5) is 13.2 Å². The van der Waals surface area contributed by atoms with Gasteiger partial charge in [-0.3, -0.25) is 0 Å². The SMILES string of the molecule is N#Cc1cc(C(=O)O)c(C(F)F)nc1OCc1cc(Cl)ccc1F. The summed E-state index contributed by atoms with van der Waals surface area (Å²) in [6.07, 6.45) is -3.19. The number of nitriles is 1. The molecule has 2 rings (SSSR count). The van der Waals surface area contributed by atoms with E-state index in [2.05, 4.69) is 4.98 Å². The molecular formula is C15H8ClF3N2O3. The molecule has 0 aliphatic rings. The van der Waals surface area contributed by atoms with Gasteiger partial charge in [-0.2, -0.15) is 5.26 Å². The number of aromatic carboxylic acids is 1. The Kier molecular flexibility index (Phi) is 5.26. The molecule has 0 spiro atoms. The van der Waals surface area contributed by atoms with Gasteiger partial charge in [0.1, 0.15) is 29.8 Å². The summed E-state index contributed by atoms with van der Waals surface area (Å²) in [6.45, 7) is -0.427. The summed E-state index contributed by atoms with van der Waals surface area (Å²) in [5.41, 5.74) is -2.18. The summed E-state index contributed by atoms with van der Waals surface area (Å²) in [4.78, 5) is 14.4. The van der Waals surface area contributed by atoms with E-state index in [-0.39, 0.29) is 16.1 Å². The molecule has 0 amide bonds. The average molecular weight is 357 g/mol. The van der Waals surface area contributed by atoms with Gasteiger partial charge in [0.05, 0.1) is 5.56 Å². The second-order valence-electron chi connectivity index (χ2n) is 4.52. The van der Waals surface area contributed by atoms with Gasteiger partial charge >= 0.3 is 5.97 Å². The molecule has 0 bridgehead atoms. The van der Waals surface area contributed by atoms with Crippen LogP contribution in [0.15, 0.2) is 24.3 Å². The van der Waals surface area contributed by atoms with Gasteiger partial charge in [0.2, 0.25) is 5.88 Å². The zero-order valence-electron chi connectivity index (χ0n) is 11.8. The first-order valence-corrected chi connectivity index (χ1v) is 6.74. The van der Waals surface area contributed by atoms with Crippen LogP contribution >= 0.6 is 11.6 Å². The molecule has 124 valence electrons. The van der Waals surface area contributed by atoms with Crippen molar-refractivity contribution in [3.05, 3.63) is 57.5 Å². The summed E-state index contributed by atoms with van der Waals surface area (Å²) < 4.78 is 44.6. The molecule has 0 saturated carbocycles. The van der Waals surface area contributed by atoms with E-state index in [1.807, 2.05) is 0 Å². The van der Waals surface area contributed by atoms with E-state index in [1.165, 1.54) is 12.1 Å². The van der Waals surface area contributed by atoms with E-state index in [1.54, 1.807) is 6.07 Å². The minimum absolute atomic E-state index is 0.0223. The Morgan fingerprint density at radius 3 is 2.71 bits per heavy atom. The van der Waals surface area contributed by atoms with Gasteiger partial charge in [0, 0.05) is 10.6 Å². The van der Waals surface area contributed by atoms with Crippen molar-refractivity contribution >= 4 is 17.6 Å². The predicted molar refractivity (Wildman–Crippen MR) is 76.6 cm³/mol. The van der Waals surface area contributed by atoms with Crippen molar-refractivity contribution in [1.29, 1.82) is 5.26 Å². The molecule has 1 heterocycles. The second kappa shape index (κ2) is 7.19. The third-order valence-corrected chi connectivity index (χ3v) is 3.18. The van der Waals surface area contributed by atoms with Crippen LogP contribution in [0, 0.1) is 17.1 Å². The van der Waals surface area contributed by atoms with E-state index >= 15 is 0 Å². The number of benzene rings is 1. The monoisotopic (exact) mass is 356 g/mol. The number of ether oxygens (including phenoxy) is 1. The Morgan fingerprint density at radius 2 is 2.12 bits per heavy atom. The highest BCUT2D eigenvalue weighted by atomic mass is 35.5. The normalized spacial score (nSPS) is 10.5. The highest BCUT2D eigenvalue weighted by molar-refractivity contribution is 6.30. The molecule has 9 heteroatoms. The van der Waals surface area contributed by atoms with Gasteiger partial charge in [-0.15, -0.1) is 0 Å². The minimum atomic E-state index is -3.19. The van der Waals surface area contributed by atoms with E-state index in [9.17, 15) is 18.0 Å². The lowest BCUT2D eigenvalue weighted by Crippen LogP contribution is -2.10. The smallest absolute Gasteiger partial charge is 0.337 e. The lowest BCUT2D eigenvalue weighted by Gasteiger charge is -2.11. The van der Waals surface area contributed by atoms with Crippen LogP contribution in [0.5, 0.6) is 5.88 Å². The zero-order chi connectivity index (χ0) is 17.9. The maximum Gasteiger partial charge on any atom is 0.337 e. The molecule has 0 fully saturated rings. The van der Waals surface area contributed by atoms with Gasteiger partial charge < -0.3 is 9.84 Å². The highest BCUT2D eigenvalue weighted by Gasteiger charge is 2.24. The lowest BCUT2D eigenvalue weighted by molar-refractivity contribution is 0.0681. The molecule has 24 heavy (non-hydrogen) atoms. The number of carbonyl (C=O) groups is 1. The van der Waals surface area contributed by atoms with E-state index in [0.29, 0.717) is 0 Å². The summed E-state index contributed by atoms with van der Waals surface area (Å²) >= 11 is 5.72. The molecule has 0 saturated heterocycles. The molecule has 1 aromatic carbocycles. The van der Waals surface area contributed by atoms with Crippen LogP contribution in [0.1, 0.15) is 33.6 Å². The third-order valence-electron chi connectivity index (χ3n) is 2.95. The van der Waals surface area contributed by atoms with Crippen molar-refractivity contribution in [3.63, 3.8) is 0 Å². The number of carboxylic acid groups (broad SMARTS) is 1. The number of pyridine rings is 1. The Morgan fingerprint density at radius 1 is 1.42 bits per heavy atom. The van der Waals surface area contributed by atoms with Crippen molar-refractivity contribution in [2.45, 2.75) is 13.0 Å². The number of hydrogen-bond acceptors (Lipinski definition) is 4. The Labute approximate surface area is 138 Å². The van der Waals surface area contributed by atoms with Gasteiger partial charge in [-0.25, -0.2) is 22.9 Å². The molecule has 1 N–H and O–H groups in total. The topological polar surface area (TPSA) is 83.2 Å². The van der Waals surface area contributed by atoms with E-state index < -0.39 is 42.0 Å². The van der Waals surface area contributed by atoms with Crippen LogP contribution in [0.2, 0.25) is 5.02 Å². The molecule has 0 aliphatic carbocycles. The molecule has 1 aromatic heterocycles. The van der Waals surface area contributed by atoms with Gasteiger partial charge in [0.25, 0.3) is 6.43 Å². The molecule has 0 aliphatic heterocycles. The maximum atomic E-state index is 13.6. The quantitative estimate of drug-likeness (QED) is 0.876. The molecular weight excluding hydrogens is 349 g/mol. The second-order valence-corrected chi connectivity index (χ2v) is 4.95. The van der Waals surface area contributed by atoms with Crippen molar-refractivity contribution in [2.75, 3.05) is 0 Å². The first-order valence-electron chi connectivity index (χ1n) is 6.36. The average Bonchev–Trinajstić information content (AvgIpc) is 2.54. The predicted octanol–water partition coefficient (Wildman–Crippen LogP) is 3.96. The molecule has 0 atom stereocenters. The Bertz CT molecular complexity index is 837. The van der Waals surface area contributed by atoms with Crippen molar-refractivity contribution < 1.29 is 27.8 Å². The fraction of sp³-hybridized carbons (Fsp3) is 0.133. The first kappa shape index (κ1) is 17.6. The fourth-order valence-corrected chi connectivity index (χ4v) is 2.03. The number of aromatic nitrogens is 1. The minimum Gasteiger partial charge on any atom is -0.478 e. The van der Waals surface area contributed by atoms with E-state index in [0.717, 1.165) is 12.1 Å². The Hall–Kier alpha value is -2.79. The summed E-state index contributed by atoms with van der Waals surface area (Å²) in [7, 11) is 0. The number of alkyl halides is 2. The van der Waals surface area contributed by atoms with Crippen LogP contribution in [-0.2, 0) is 6.61 Å². The standard InChI is InChI=1S/C15H8ClF3N2O3/c16-9-1-2-11(17)8(3-9)6-24-14-7(5-20)4-10(15(22)23)12(21-14)13(18)19/h1-4,13H,6H2,(H,22,23). The van der Waals surface area contributed by atoms with Crippen molar-refractivity contribution in [1.82, 2.24) is 4.98 Å². The molecule has 0 unspecified atom stereocenters. The lowest BCUT2D eigenvalue weighted by atomic mass is 10.1. The maximum absolute atomic E-state index is 13.6. The third kappa shape index (κ3) is 3.75. The number of nitrogens with zero attached hydrogens (tertiary/aromatic N) is 2. The Balaban J connectivity index is 2.39. The van der Waals surface area contributed by atoms with Gasteiger partial charge in [-0.05, 0) is 24.3 Å². The molecule has 0 radical (unpaired) electrons. The summed E-state index contributed by atoms with van der Waals surface area (Å²) in [6, 6.07) is 6.02. The number of hydrogen-bond donors (Lipinski definition) is 1. The van der Waals surface area contributed by atoms with Crippen LogP contribution in [-0.4, -0.2) is 16.1 Å². The van der Waals surface area contributed by atoms with Crippen molar-refractivity contribution in [2.24, 2.45) is 0 Å². The fourth-order valence-electron chi connectivity index (χ4n) is 1.84. The number of carboxylic acids is 1. The summed E-state index contributed by atoms with van der Waals surface area (Å²) in [5.74, 6) is -2.81. The van der Waals surface area contributed by atoms with E-state index in [4.69, 9.17) is 26.7 Å². The van der Waals surface area contributed by atoms with Crippen molar-refractivity contribution in [3.8, 4) is 11.9 Å². The largest absolute Gasteiger partial charge is 0.478 e.